The van der Waals surface area contributed by atoms with Crippen molar-refractivity contribution in [1.29, 1.82) is 5.26 Å². The molecule has 0 saturated carbocycles. The molecule has 0 heterocycles. The van der Waals surface area contributed by atoms with Gasteiger partial charge in [-0.2, -0.15) is 9.57 Å². The monoisotopic (exact) mass is 343 g/mol. The second-order valence-electron chi connectivity index (χ2n) is 5.24. The average Bonchev–Trinajstić information content (AvgIpc) is 2.61. The maximum Gasteiger partial charge on any atom is 0.243 e. The molecule has 0 amide bonds. The standard InChI is InChI=1S/C18H21N3O2S/c1-3-21(4-2)24(22,23)18-11-7-10-17(12-18)20-14-16-9-6-5-8-15(16)13-19/h5-12,20H,3-4,14H2,1-2H3. The first kappa shape index (κ1) is 18.0. The molecule has 0 bridgehead atoms. The summed E-state index contributed by atoms with van der Waals surface area (Å²) in [5.41, 5.74) is 2.19. The number of hydrogen-bond donors (Lipinski definition) is 1. The van der Waals surface area contributed by atoms with E-state index in [9.17, 15) is 8.42 Å². The molecule has 126 valence electrons. The van der Waals surface area contributed by atoms with Gasteiger partial charge in [0.05, 0.1) is 16.5 Å². The average molecular weight is 343 g/mol. The van der Waals surface area contributed by atoms with Gasteiger partial charge in [0, 0.05) is 25.3 Å². The van der Waals surface area contributed by atoms with Crippen molar-refractivity contribution < 1.29 is 8.42 Å². The van der Waals surface area contributed by atoms with Crippen molar-refractivity contribution in [1.82, 2.24) is 4.31 Å². The predicted molar refractivity (Wildman–Crippen MR) is 95.0 cm³/mol. The first-order valence-electron chi connectivity index (χ1n) is 7.85. The van der Waals surface area contributed by atoms with Crippen LogP contribution in [0.25, 0.3) is 0 Å². The number of hydrogen-bond acceptors (Lipinski definition) is 4. The Bertz CT molecular complexity index is 837. The highest BCUT2D eigenvalue weighted by atomic mass is 32.2. The third kappa shape index (κ3) is 3.94. The van der Waals surface area contributed by atoms with Crippen LogP contribution < -0.4 is 5.32 Å². The maximum atomic E-state index is 12.6. The summed E-state index contributed by atoms with van der Waals surface area (Å²) < 4.78 is 26.6. The summed E-state index contributed by atoms with van der Waals surface area (Å²) in [6, 6.07) is 16.2. The second kappa shape index (κ2) is 7.95. The largest absolute Gasteiger partial charge is 0.381 e. The Labute approximate surface area is 143 Å². The Morgan fingerprint density at radius 1 is 1.08 bits per heavy atom. The number of nitriles is 1. The van der Waals surface area contributed by atoms with Crippen molar-refractivity contribution in [3.8, 4) is 6.07 Å². The van der Waals surface area contributed by atoms with Crippen LogP contribution in [0.1, 0.15) is 25.0 Å². The van der Waals surface area contributed by atoms with Crippen molar-refractivity contribution in [3.63, 3.8) is 0 Å². The third-order valence-electron chi connectivity index (χ3n) is 3.80. The van der Waals surface area contributed by atoms with Gasteiger partial charge in [-0.15, -0.1) is 0 Å². The molecule has 0 unspecified atom stereocenters. The zero-order chi connectivity index (χ0) is 17.6. The quantitative estimate of drug-likeness (QED) is 0.838. The predicted octanol–water partition coefficient (Wildman–Crippen LogP) is 3.20. The topological polar surface area (TPSA) is 73.2 Å². The fraction of sp³-hybridized carbons (Fsp3) is 0.278. The Morgan fingerprint density at radius 3 is 2.46 bits per heavy atom. The van der Waals surface area contributed by atoms with Gasteiger partial charge in [0.15, 0.2) is 0 Å². The molecule has 0 spiro atoms. The van der Waals surface area contributed by atoms with Crippen LogP contribution in [0.4, 0.5) is 5.69 Å². The van der Waals surface area contributed by atoms with Crippen LogP contribution in [0.5, 0.6) is 0 Å². The third-order valence-corrected chi connectivity index (χ3v) is 5.84. The van der Waals surface area contributed by atoms with Crippen LogP contribution >= 0.6 is 0 Å². The van der Waals surface area contributed by atoms with Crippen LogP contribution in [0.3, 0.4) is 0 Å². The minimum atomic E-state index is -3.48. The van der Waals surface area contributed by atoms with E-state index in [1.165, 1.54) is 4.31 Å². The molecule has 2 rings (SSSR count). The molecule has 0 aliphatic heterocycles. The summed E-state index contributed by atoms with van der Waals surface area (Å²) in [4.78, 5) is 0.268. The first-order valence-corrected chi connectivity index (χ1v) is 9.29. The Morgan fingerprint density at radius 2 is 1.79 bits per heavy atom. The van der Waals surface area contributed by atoms with Gasteiger partial charge in [0.2, 0.25) is 10.0 Å². The molecule has 0 fully saturated rings. The molecule has 0 aliphatic carbocycles. The summed E-state index contributed by atoms with van der Waals surface area (Å²) in [6.45, 7) is 4.97. The summed E-state index contributed by atoms with van der Waals surface area (Å²) in [7, 11) is -3.48. The van der Waals surface area contributed by atoms with Gasteiger partial charge < -0.3 is 5.32 Å². The molecule has 0 radical (unpaired) electrons. The van der Waals surface area contributed by atoms with Crippen molar-refractivity contribution in [2.75, 3.05) is 18.4 Å². The zero-order valence-electron chi connectivity index (χ0n) is 13.9. The Balaban J connectivity index is 2.21. The van der Waals surface area contributed by atoms with E-state index in [4.69, 9.17) is 5.26 Å². The highest BCUT2D eigenvalue weighted by Gasteiger charge is 2.21. The highest BCUT2D eigenvalue weighted by Crippen LogP contribution is 2.20. The molecule has 0 atom stereocenters. The second-order valence-corrected chi connectivity index (χ2v) is 7.18. The van der Waals surface area contributed by atoms with Crippen molar-refractivity contribution >= 4 is 15.7 Å². The lowest BCUT2D eigenvalue weighted by Crippen LogP contribution is -2.30. The normalized spacial score (nSPS) is 11.2. The van der Waals surface area contributed by atoms with Crippen LogP contribution in [-0.4, -0.2) is 25.8 Å². The minimum Gasteiger partial charge on any atom is -0.381 e. The molecular weight excluding hydrogens is 322 g/mol. The number of rotatable bonds is 7. The SMILES string of the molecule is CCN(CC)S(=O)(=O)c1cccc(NCc2ccccc2C#N)c1. The van der Waals surface area contributed by atoms with E-state index in [1.54, 1.807) is 24.3 Å². The van der Waals surface area contributed by atoms with E-state index < -0.39 is 10.0 Å². The zero-order valence-corrected chi connectivity index (χ0v) is 14.7. The van der Waals surface area contributed by atoms with E-state index >= 15 is 0 Å². The fourth-order valence-corrected chi connectivity index (χ4v) is 3.96. The summed E-state index contributed by atoms with van der Waals surface area (Å²) in [6.07, 6.45) is 0. The van der Waals surface area contributed by atoms with Gasteiger partial charge in [-0.05, 0) is 29.8 Å². The smallest absolute Gasteiger partial charge is 0.243 e. The molecular formula is C18H21N3O2S. The van der Waals surface area contributed by atoms with Gasteiger partial charge in [0.25, 0.3) is 0 Å². The van der Waals surface area contributed by atoms with Gasteiger partial charge in [-0.1, -0.05) is 38.1 Å². The number of anilines is 1. The molecule has 1 N–H and O–H groups in total. The van der Waals surface area contributed by atoms with Crippen molar-refractivity contribution in [2.24, 2.45) is 0 Å². The highest BCUT2D eigenvalue weighted by molar-refractivity contribution is 7.89. The molecule has 6 heteroatoms. The van der Waals surface area contributed by atoms with Crippen LogP contribution in [0, 0.1) is 11.3 Å². The molecule has 0 saturated heterocycles. The lowest BCUT2D eigenvalue weighted by atomic mass is 10.1. The lowest BCUT2D eigenvalue weighted by molar-refractivity contribution is 0.445. The van der Waals surface area contributed by atoms with E-state index in [2.05, 4.69) is 11.4 Å². The summed E-state index contributed by atoms with van der Waals surface area (Å²) in [5, 5.41) is 12.3. The molecule has 0 aliphatic rings. The molecule has 2 aromatic rings. The Hall–Kier alpha value is -2.36. The van der Waals surface area contributed by atoms with Gasteiger partial charge in [-0.3, -0.25) is 0 Å². The first-order chi connectivity index (χ1) is 11.5. The van der Waals surface area contributed by atoms with Crippen LogP contribution in [0.2, 0.25) is 0 Å². The number of nitrogens with one attached hydrogen (secondary N) is 1. The van der Waals surface area contributed by atoms with Gasteiger partial charge in [-0.25, -0.2) is 8.42 Å². The number of sulfonamides is 1. The minimum absolute atomic E-state index is 0.268. The van der Waals surface area contributed by atoms with Crippen LogP contribution in [0.15, 0.2) is 53.4 Å². The van der Waals surface area contributed by atoms with Gasteiger partial charge in [0.1, 0.15) is 0 Å². The lowest BCUT2D eigenvalue weighted by Gasteiger charge is -2.19. The Kier molecular flexibility index (Phi) is 5.96. The number of benzene rings is 2. The van der Waals surface area contributed by atoms with Crippen molar-refractivity contribution in [3.05, 3.63) is 59.7 Å². The fourth-order valence-electron chi connectivity index (χ4n) is 2.46. The van der Waals surface area contributed by atoms with E-state index in [-0.39, 0.29) is 4.90 Å². The van der Waals surface area contributed by atoms with E-state index in [0.717, 1.165) is 5.56 Å². The molecule has 2 aromatic carbocycles. The van der Waals surface area contributed by atoms with Gasteiger partial charge >= 0.3 is 0 Å². The van der Waals surface area contributed by atoms with Crippen molar-refractivity contribution in [2.45, 2.75) is 25.3 Å². The number of nitrogens with zero attached hydrogens (tertiary/aromatic N) is 2. The molecule has 5 nitrogen and oxygen atoms in total. The van der Waals surface area contributed by atoms with E-state index in [1.807, 2.05) is 38.1 Å². The molecule has 24 heavy (non-hydrogen) atoms. The van der Waals surface area contributed by atoms with E-state index in [0.29, 0.717) is 30.9 Å². The molecule has 0 aromatic heterocycles. The summed E-state index contributed by atoms with van der Waals surface area (Å²) >= 11 is 0. The summed E-state index contributed by atoms with van der Waals surface area (Å²) in [5.74, 6) is 0. The van der Waals surface area contributed by atoms with Crippen LogP contribution in [-0.2, 0) is 16.6 Å². The maximum absolute atomic E-state index is 12.6.